The van der Waals surface area contributed by atoms with E-state index < -0.39 is 30.2 Å². The Labute approximate surface area is 164 Å². The van der Waals surface area contributed by atoms with Crippen LogP contribution >= 0.6 is 31.9 Å². The summed E-state index contributed by atoms with van der Waals surface area (Å²) in [5, 5.41) is 4.99. The molecule has 0 aromatic carbocycles. The molecule has 0 aliphatic rings. The molecule has 146 valence electrons. The zero-order chi connectivity index (χ0) is 20.1. The van der Waals surface area contributed by atoms with Gasteiger partial charge in [-0.2, -0.15) is 18.2 Å². The Hall–Kier alpha value is -1.56. The Morgan fingerprint density at radius 2 is 1.77 bits per heavy atom. The summed E-state index contributed by atoms with van der Waals surface area (Å²) in [4.78, 5) is 33.7. The van der Waals surface area contributed by atoms with Gasteiger partial charge in [0.1, 0.15) is 21.3 Å². The highest BCUT2D eigenvalue weighted by molar-refractivity contribution is 9.11. The van der Waals surface area contributed by atoms with Crippen molar-refractivity contribution >= 4 is 43.8 Å². The number of hydrogen-bond donors (Lipinski definition) is 2. The summed E-state index contributed by atoms with van der Waals surface area (Å²) >= 11 is 6.36. The van der Waals surface area contributed by atoms with Gasteiger partial charge in [-0.05, 0) is 52.6 Å². The smallest absolute Gasteiger partial charge is 0.375 e. The lowest BCUT2D eigenvalue weighted by atomic mass is 10.1. The zero-order valence-corrected chi connectivity index (χ0v) is 17.2. The lowest BCUT2D eigenvalue weighted by molar-refractivity contribution is -0.141. The highest BCUT2D eigenvalue weighted by Gasteiger charge is 2.35. The van der Waals surface area contributed by atoms with Crippen LogP contribution in [0.3, 0.4) is 0 Å². The van der Waals surface area contributed by atoms with Crippen molar-refractivity contribution in [3.63, 3.8) is 0 Å². The number of carbonyl (C=O) groups excluding carboxylic acids is 2. The molecule has 1 aromatic rings. The molecule has 7 nitrogen and oxygen atoms in total. The topological polar surface area (TPSA) is 83.6 Å². The SMILES string of the molecule is CCN(Oc1cc(Br)nc(Br)c1)C(=O)NC(C)(C)C(=O)NCC(F)(F)F. The monoisotopic (exact) mass is 504 g/mol. The third-order valence-electron chi connectivity index (χ3n) is 2.90. The number of urea groups is 1. The molecule has 0 saturated heterocycles. The van der Waals surface area contributed by atoms with Crippen LogP contribution in [-0.2, 0) is 4.79 Å². The average Bonchev–Trinajstić information content (AvgIpc) is 2.47. The Bertz CT molecular complexity index is 651. The lowest BCUT2D eigenvalue weighted by Gasteiger charge is -2.29. The number of aromatic nitrogens is 1. The molecule has 0 bridgehead atoms. The van der Waals surface area contributed by atoms with E-state index in [-0.39, 0.29) is 12.3 Å². The summed E-state index contributed by atoms with van der Waals surface area (Å²) in [6.45, 7) is 2.82. The second-order valence-electron chi connectivity index (χ2n) is 5.59. The van der Waals surface area contributed by atoms with Crippen molar-refractivity contribution in [3.8, 4) is 5.75 Å². The molecule has 0 fully saturated rings. The predicted molar refractivity (Wildman–Crippen MR) is 94.3 cm³/mol. The van der Waals surface area contributed by atoms with Crippen molar-refractivity contribution in [2.24, 2.45) is 0 Å². The maximum Gasteiger partial charge on any atom is 0.405 e. The first-order valence-corrected chi connectivity index (χ1v) is 8.88. The summed E-state index contributed by atoms with van der Waals surface area (Å²) in [5.74, 6) is -0.691. The summed E-state index contributed by atoms with van der Waals surface area (Å²) in [6.07, 6.45) is -4.55. The molecule has 0 radical (unpaired) electrons. The van der Waals surface area contributed by atoms with E-state index >= 15 is 0 Å². The van der Waals surface area contributed by atoms with Crippen LogP contribution in [-0.4, -0.2) is 46.8 Å². The second kappa shape index (κ2) is 8.89. The van der Waals surface area contributed by atoms with E-state index in [4.69, 9.17) is 4.84 Å². The first-order valence-electron chi connectivity index (χ1n) is 7.30. The van der Waals surface area contributed by atoms with Crippen LogP contribution in [0.25, 0.3) is 0 Å². The van der Waals surface area contributed by atoms with E-state index in [2.05, 4.69) is 42.2 Å². The fourth-order valence-corrected chi connectivity index (χ4v) is 2.73. The number of hydrogen-bond acceptors (Lipinski definition) is 4. The number of hydroxylamine groups is 2. The third kappa shape index (κ3) is 7.36. The molecular formula is C14H17Br2F3N4O3. The molecule has 0 atom stereocenters. The number of amides is 3. The van der Waals surface area contributed by atoms with Gasteiger partial charge >= 0.3 is 12.2 Å². The highest BCUT2D eigenvalue weighted by Crippen LogP contribution is 2.22. The second-order valence-corrected chi connectivity index (χ2v) is 7.21. The molecular weight excluding hydrogens is 489 g/mol. The maximum absolute atomic E-state index is 12.3. The molecule has 1 rings (SSSR count). The van der Waals surface area contributed by atoms with Gasteiger partial charge in [0.2, 0.25) is 5.91 Å². The van der Waals surface area contributed by atoms with Gasteiger partial charge in [0, 0.05) is 12.1 Å². The standard InChI is InChI=1S/C14H17Br2F3N4O3/c1-4-23(26-8-5-9(15)21-10(16)6-8)12(25)22-13(2,3)11(24)20-7-14(17,18)19/h5-6H,4,7H2,1-3H3,(H,20,24)(H,22,25). The molecule has 0 aliphatic heterocycles. The van der Waals surface area contributed by atoms with Gasteiger partial charge in [0.05, 0.1) is 6.54 Å². The number of pyridine rings is 1. The maximum atomic E-state index is 12.3. The largest absolute Gasteiger partial charge is 0.405 e. The number of carbonyl (C=O) groups is 2. The van der Waals surface area contributed by atoms with E-state index in [0.717, 1.165) is 5.06 Å². The van der Waals surface area contributed by atoms with Gasteiger partial charge in [-0.25, -0.2) is 9.78 Å². The summed E-state index contributed by atoms with van der Waals surface area (Å²) in [5.41, 5.74) is -1.58. The van der Waals surface area contributed by atoms with Crippen LogP contribution in [0.1, 0.15) is 20.8 Å². The zero-order valence-electron chi connectivity index (χ0n) is 14.1. The molecule has 0 aliphatic carbocycles. The van der Waals surface area contributed by atoms with Crippen LogP contribution < -0.4 is 15.5 Å². The van der Waals surface area contributed by atoms with Crippen molar-refractivity contribution in [1.29, 1.82) is 0 Å². The summed E-state index contributed by atoms with van der Waals surface area (Å²) in [6, 6.07) is 2.24. The Morgan fingerprint density at radius 1 is 1.23 bits per heavy atom. The van der Waals surface area contributed by atoms with Crippen LogP contribution in [0, 0.1) is 0 Å². The lowest BCUT2D eigenvalue weighted by Crippen LogP contribution is -2.59. The molecule has 0 saturated carbocycles. The van der Waals surface area contributed by atoms with E-state index in [9.17, 15) is 22.8 Å². The van der Waals surface area contributed by atoms with E-state index in [0.29, 0.717) is 9.21 Å². The van der Waals surface area contributed by atoms with Gasteiger partial charge in [-0.1, -0.05) is 0 Å². The van der Waals surface area contributed by atoms with Crippen LogP contribution in [0.15, 0.2) is 21.3 Å². The van der Waals surface area contributed by atoms with E-state index in [1.807, 2.05) is 0 Å². The molecule has 0 spiro atoms. The molecule has 2 N–H and O–H groups in total. The summed E-state index contributed by atoms with van der Waals surface area (Å²) < 4.78 is 37.6. The van der Waals surface area contributed by atoms with Crippen LogP contribution in [0.4, 0.5) is 18.0 Å². The summed E-state index contributed by atoms with van der Waals surface area (Å²) in [7, 11) is 0. The van der Waals surface area contributed by atoms with Gasteiger partial charge in [0.25, 0.3) is 0 Å². The highest BCUT2D eigenvalue weighted by atomic mass is 79.9. The minimum absolute atomic E-state index is 0.115. The van der Waals surface area contributed by atoms with Crippen molar-refractivity contribution < 1.29 is 27.6 Å². The fraction of sp³-hybridized carbons (Fsp3) is 0.500. The minimum Gasteiger partial charge on any atom is -0.375 e. The molecule has 0 unspecified atom stereocenters. The molecule has 12 heteroatoms. The van der Waals surface area contributed by atoms with Crippen molar-refractivity contribution in [3.05, 3.63) is 21.3 Å². The first-order chi connectivity index (χ1) is 11.8. The van der Waals surface area contributed by atoms with Crippen molar-refractivity contribution in [1.82, 2.24) is 20.7 Å². The van der Waals surface area contributed by atoms with E-state index in [1.54, 1.807) is 12.2 Å². The first kappa shape index (κ1) is 22.5. The quantitative estimate of drug-likeness (QED) is 0.458. The van der Waals surface area contributed by atoms with Crippen molar-refractivity contribution in [2.45, 2.75) is 32.5 Å². The van der Waals surface area contributed by atoms with Crippen molar-refractivity contribution in [2.75, 3.05) is 13.1 Å². The minimum atomic E-state index is -4.55. The Morgan fingerprint density at radius 3 is 2.23 bits per heavy atom. The third-order valence-corrected chi connectivity index (χ3v) is 3.71. The number of nitrogens with one attached hydrogen (secondary N) is 2. The normalized spacial score (nSPS) is 11.7. The number of alkyl halides is 3. The fourth-order valence-electron chi connectivity index (χ4n) is 1.66. The van der Waals surface area contributed by atoms with Crippen LogP contribution in [0.2, 0.25) is 0 Å². The van der Waals surface area contributed by atoms with Crippen LogP contribution in [0.5, 0.6) is 5.75 Å². The van der Waals surface area contributed by atoms with E-state index in [1.165, 1.54) is 26.0 Å². The Kier molecular flexibility index (Phi) is 7.69. The molecule has 1 aromatic heterocycles. The Balaban J connectivity index is 2.76. The van der Waals surface area contributed by atoms with Gasteiger partial charge < -0.3 is 15.5 Å². The van der Waals surface area contributed by atoms with Gasteiger partial charge in [0.15, 0.2) is 5.75 Å². The molecule has 1 heterocycles. The molecule has 26 heavy (non-hydrogen) atoms. The number of halogens is 5. The predicted octanol–water partition coefficient (Wildman–Crippen LogP) is 3.39. The van der Waals surface area contributed by atoms with Gasteiger partial charge in [-0.3, -0.25) is 4.79 Å². The number of nitrogens with zero attached hydrogens (tertiary/aromatic N) is 2. The van der Waals surface area contributed by atoms with Gasteiger partial charge in [-0.15, -0.1) is 0 Å². The number of rotatable bonds is 6. The average molecular weight is 506 g/mol. The molecule has 3 amide bonds.